The molecule has 0 radical (unpaired) electrons. The molecule has 1 aliphatic heterocycles. The molecule has 1 atom stereocenters. The number of nitrogens with zero attached hydrogens (tertiary/aromatic N) is 7. The molecule has 0 spiro atoms. The number of anilines is 1. The number of aromatic nitrogens is 7. The topological polar surface area (TPSA) is 113 Å². The molecule has 1 amide bonds. The van der Waals surface area contributed by atoms with Gasteiger partial charge in [0.25, 0.3) is 5.91 Å². The Morgan fingerprint density at radius 2 is 2.03 bits per heavy atom. The summed E-state index contributed by atoms with van der Waals surface area (Å²) in [5, 5.41) is 15.7. The summed E-state index contributed by atoms with van der Waals surface area (Å²) in [5.74, 6) is 2.39. The van der Waals surface area contributed by atoms with E-state index in [1.807, 2.05) is 24.3 Å². The van der Waals surface area contributed by atoms with Crippen LogP contribution in [0.5, 0.6) is 5.88 Å². The van der Waals surface area contributed by atoms with Crippen molar-refractivity contribution in [3.8, 4) is 23.2 Å². The molecule has 0 saturated heterocycles. The van der Waals surface area contributed by atoms with Gasteiger partial charge in [-0.25, -0.2) is 14.6 Å². The van der Waals surface area contributed by atoms with Gasteiger partial charge in [0.05, 0.1) is 7.11 Å². The van der Waals surface area contributed by atoms with E-state index in [2.05, 4.69) is 58.0 Å². The van der Waals surface area contributed by atoms with Crippen LogP contribution >= 0.6 is 15.9 Å². The lowest BCUT2D eigenvalue weighted by Crippen LogP contribution is -2.14. The van der Waals surface area contributed by atoms with E-state index in [1.54, 1.807) is 18.3 Å². The number of ether oxygens (including phenoxy) is 1. The smallest absolute Gasteiger partial charge is 0.263 e. The Morgan fingerprint density at radius 3 is 2.84 bits per heavy atom. The van der Waals surface area contributed by atoms with E-state index in [1.165, 1.54) is 11.8 Å². The third-order valence-electron chi connectivity index (χ3n) is 5.27. The highest BCUT2D eigenvalue weighted by Gasteiger charge is 2.25. The first-order valence-corrected chi connectivity index (χ1v) is 10.8. The SMILES string of the molecule is COc1nn(-c2cccc(Br)n2)cc1C(=O)Nc1cccc(-c2nnc3n2[C@@H](C)CC3)n1. The van der Waals surface area contributed by atoms with Crippen molar-refractivity contribution in [2.45, 2.75) is 25.8 Å². The Bertz CT molecular complexity index is 1310. The zero-order valence-electron chi connectivity index (χ0n) is 17.4. The minimum atomic E-state index is -0.396. The van der Waals surface area contributed by atoms with Crippen LogP contribution in [0.3, 0.4) is 0 Å². The molecule has 1 aliphatic rings. The second-order valence-electron chi connectivity index (χ2n) is 7.37. The highest BCUT2D eigenvalue weighted by Crippen LogP contribution is 2.30. The minimum Gasteiger partial charge on any atom is -0.479 e. The monoisotopic (exact) mass is 494 g/mol. The molecule has 5 heterocycles. The minimum absolute atomic E-state index is 0.185. The third kappa shape index (κ3) is 3.64. The Morgan fingerprint density at radius 1 is 1.19 bits per heavy atom. The summed E-state index contributed by atoms with van der Waals surface area (Å²) in [6.07, 6.45) is 3.51. The number of halogens is 1. The summed E-state index contributed by atoms with van der Waals surface area (Å²) < 4.78 is 9.56. The third-order valence-corrected chi connectivity index (χ3v) is 5.71. The molecule has 1 N–H and O–H groups in total. The summed E-state index contributed by atoms with van der Waals surface area (Å²) in [4.78, 5) is 21.9. The van der Waals surface area contributed by atoms with Gasteiger partial charge in [0.2, 0.25) is 5.88 Å². The largest absolute Gasteiger partial charge is 0.479 e. The number of hydrogen-bond acceptors (Lipinski definition) is 7. The van der Waals surface area contributed by atoms with Crippen molar-refractivity contribution in [3.05, 3.63) is 58.6 Å². The van der Waals surface area contributed by atoms with Crippen LogP contribution in [0.15, 0.2) is 47.2 Å². The van der Waals surface area contributed by atoms with Crippen LogP contribution in [0.25, 0.3) is 17.3 Å². The van der Waals surface area contributed by atoms with Crippen molar-refractivity contribution in [3.63, 3.8) is 0 Å². The fraction of sp³-hybridized carbons (Fsp3) is 0.238. The van der Waals surface area contributed by atoms with Crippen molar-refractivity contribution in [1.29, 1.82) is 0 Å². The molecule has 11 heteroatoms. The maximum atomic E-state index is 13.0. The Kier molecular flexibility index (Phi) is 5.17. The molecule has 162 valence electrons. The van der Waals surface area contributed by atoms with Crippen molar-refractivity contribution in [2.24, 2.45) is 0 Å². The molecule has 10 nitrogen and oxygen atoms in total. The van der Waals surface area contributed by atoms with Crippen molar-refractivity contribution < 1.29 is 9.53 Å². The Labute approximate surface area is 191 Å². The number of aryl methyl sites for hydroxylation is 1. The number of nitrogens with one attached hydrogen (secondary N) is 1. The number of amides is 1. The van der Waals surface area contributed by atoms with Gasteiger partial charge in [-0.05, 0) is 53.5 Å². The standard InChI is InChI=1S/C21H19BrN8O2/c1-12-9-10-18-26-27-19(30(12)18)14-5-3-7-16(23-14)25-20(31)13-11-29(28-21(13)32-2)17-8-4-6-15(22)24-17/h3-8,11-12H,9-10H2,1-2H3,(H,23,25,31)/t12-/m0/s1. The van der Waals surface area contributed by atoms with Crippen molar-refractivity contribution in [1.82, 2.24) is 34.5 Å². The van der Waals surface area contributed by atoms with Gasteiger partial charge >= 0.3 is 0 Å². The van der Waals surface area contributed by atoms with Crippen LogP contribution in [0.1, 0.15) is 35.6 Å². The van der Waals surface area contributed by atoms with Crippen molar-refractivity contribution in [2.75, 3.05) is 12.4 Å². The molecule has 4 aromatic rings. The lowest BCUT2D eigenvalue weighted by Gasteiger charge is -2.10. The van der Waals surface area contributed by atoms with E-state index in [-0.39, 0.29) is 11.4 Å². The quantitative estimate of drug-likeness (QED) is 0.422. The highest BCUT2D eigenvalue weighted by atomic mass is 79.9. The molecule has 5 rings (SSSR count). The highest BCUT2D eigenvalue weighted by molar-refractivity contribution is 9.10. The fourth-order valence-electron chi connectivity index (χ4n) is 3.72. The number of rotatable bonds is 5. The van der Waals surface area contributed by atoms with Gasteiger partial charge in [-0.2, -0.15) is 0 Å². The fourth-order valence-corrected chi connectivity index (χ4v) is 4.05. The van der Waals surface area contributed by atoms with Gasteiger partial charge < -0.3 is 14.6 Å². The lowest BCUT2D eigenvalue weighted by molar-refractivity contribution is 0.102. The second-order valence-corrected chi connectivity index (χ2v) is 8.19. The first-order chi connectivity index (χ1) is 15.5. The van der Waals surface area contributed by atoms with Crippen molar-refractivity contribution >= 4 is 27.7 Å². The number of carbonyl (C=O) groups excluding carboxylic acids is 1. The van der Waals surface area contributed by atoms with Gasteiger partial charge in [-0.15, -0.1) is 15.3 Å². The number of methoxy groups -OCH3 is 1. The average molecular weight is 495 g/mol. The van der Waals surface area contributed by atoms with E-state index < -0.39 is 5.91 Å². The van der Waals surface area contributed by atoms with Gasteiger partial charge in [-0.1, -0.05) is 12.1 Å². The molecule has 32 heavy (non-hydrogen) atoms. The molecule has 0 bridgehead atoms. The molecule has 4 aromatic heterocycles. The van der Waals surface area contributed by atoms with E-state index in [0.717, 1.165) is 18.7 Å². The van der Waals surface area contributed by atoms with Gasteiger partial charge in [0.1, 0.15) is 27.5 Å². The number of fused-ring (bicyclic) bond motifs is 1. The van der Waals surface area contributed by atoms with E-state index in [4.69, 9.17) is 4.74 Å². The molecule has 0 unspecified atom stereocenters. The van der Waals surface area contributed by atoms with Gasteiger partial charge in [0, 0.05) is 18.7 Å². The van der Waals surface area contributed by atoms with Crippen LogP contribution in [-0.2, 0) is 6.42 Å². The Hall–Kier alpha value is -3.60. The van der Waals surface area contributed by atoms with E-state index in [0.29, 0.717) is 33.8 Å². The maximum absolute atomic E-state index is 13.0. The Balaban J connectivity index is 1.42. The zero-order chi connectivity index (χ0) is 22.2. The summed E-state index contributed by atoms with van der Waals surface area (Å²) in [6.45, 7) is 2.14. The van der Waals surface area contributed by atoms with Crippen LogP contribution in [0.2, 0.25) is 0 Å². The van der Waals surface area contributed by atoms with E-state index in [9.17, 15) is 4.79 Å². The molecule has 0 fully saturated rings. The molecule has 0 saturated carbocycles. The molecular formula is C21H19BrN8O2. The van der Waals surface area contributed by atoms with E-state index >= 15 is 0 Å². The molecule has 0 aromatic carbocycles. The summed E-state index contributed by atoms with van der Waals surface area (Å²) in [6, 6.07) is 11.1. The first-order valence-electron chi connectivity index (χ1n) is 10.0. The summed E-state index contributed by atoms with van der Waals surface area (Å²) in [7, 11) is 1.46. The average Bonchev–Trinajstić information content (AvgIpc) is 3.50. The zero-order valence-corrected chi connectivity index (χ0v) is 18.9. The number of pyridine rings is 2. The number of carbonyl (C=O) groups is 1. The summed E-state index contributed by atoms with van der Waals surface area (Å²) >= 11 is 3.34. The van der Waals surface area contributed by atoms with Gasteiger partial charge in [-0.3, -0.25) is 4.79 Å². The number of hydrogen-bond donors (Lipinski definition) is 1. The lowest BCUT2D eigenvalue weighted by atomic mass is 10.2. The maximum Gasteiger partial charge on any atom is 0.263 e. The van der Waals surface area contributed by atoms with Crippen LogP contribution in [0.4, 0.5) is 5.82 Å². The molecule has 0 aliphatic carbocycles. The van der Waals surface area contributed by atoms with Crippen LogP contribution in [0, 0.1) is 0 Å². The molecular weight excluding hydrogens is 476 g/mol. The normalized spacial score (nSPS) is 14.9. The summed E-state index contributed by atoms with van der Waals surface area (Å²) in [5.41, 5.74) is 0.912. The second kappa shape index (κ2) is 8.15. The van der Waals surface area contributed by atoms with Gasteiger partial charge in [0.15, 0.2) is 11.6 Å². The van der Waals surface area contributed by atoms with Crippen LogP contribution < -0.4 is 10.1 Å². The predicted octanol–water partition coefficient (Wildman–Crippen LogP) is 3.45. The predicted molar refractivity (Wildman–Crippen MR) is 120 cm³/mol. The van der Waals surface area contributed by atoms with Crippen LogP contribution in [-0.4, -0.2) is 47.5 Å². The first kappa shape index (κ1) is 20.3.